The molecule has 10 heteroatoms. The van der Waals surface area contributed by atoms with Crippen LogP contribution in [0.15, 0.2) is 47.4 Å². The average Bonchev–Trinajstić information content (AvgIpc) is 3.15. The van der Waals surface area contributed by atoms with Gasteiger partial charge < -0.3 is 19.6 Å². The van der Waals surface area contributed by atoms with Crippen LogP contribution in [0.1, 0.15) is 10.4 Å². The van der Waals surface area contributed by atoms with E-state index in [0.29, 0.717) is 9.95 Å². The van der Waals surface area contributed by atoms with Gasteiger partial charge in [-0.15, -0.1) is 0 Å². The van der Waals surface area contributed by atoms with Gasteiger partial charge in [0, 0.05) is 22.4 Å². The van der Waals surface area contributed by atoms with Crippen LogP contribution in [0.5, 0.6) is 11.6 Å². The van der Waals surface area contributed by atoms with Gasteiger partial charge in [0.05, 0.1) is 18.3 Å². The third-order valence-electron chi connectivity index (χ3n) is 4.61. The van der Waals surface area contributed by atoms with Crippen LogP contribution in [0.2, 0.25) is 0 Å². The van der Waals surface area contributed by atoms with Gasteiger partial charge in [0.15, 0.2) is 0 Å². The Balaban J connectivity index is 2.23. The molecule has 2 heterocycles. The lowest BCUT2D eigenvalue weighted by molar-refractivity contribution is -0.0548. The Morgan fingerprint density at radius 1 is 1.13 bits per heavy atom. The molecular formula is C20H13F3N2O5. The first-order chi connectivity index (χ1) is 14.3. The third kappa shape index (κ3) is 3.02. The van der Waals surface area contributed by atoms with Crippen LogP contribution < -0.4 is 15.0 Å². The van der Waals surface area contributed by atoms with Crippen molar-refractivity contribution in [1.82, 2.24) is 9.55 Å². The fourth-order valence-corrected chi connectivity index (χ4v) is 3.40. The SMILES string of the molecule is COc1ccc2c(=O)n(-c3cc(F)cc4[nH]ccc34)c(OC(F)F)c(C(=O)O)c2c1. The monoisotopic (exact) mass is 418 g/mol. The number of pyridine rings is 1. The number of aromatic carboxylic acids is 1. The van der Waals surface area contributed by atoms with Gasteiger partial charge in [0.2, 0.25) is 5.88 Å². The lowest BCUT2D eigenvalue weighted by Gasteiger charge is -2.19. The fourth-order valence-electron chi connectivity index (χ4n) is 3.40. The molecule has 2 N–H and O–H groups in total. The number of carbonyl (C=O) groups is 1. The number of carboxylic acids is 1. The molecule has 2 aromatic heterocycles. The molecule has 0 unspecified atom stereocenters. The first kappa shape index (κ1) is 19.4. The molecule has 7 nitrogen and oxygen atoms in total. The van der Waals surface area contributed by atoms with E-state index < -0.39 is 35.4 Å². The number of aromatic amines is 1. The maximum atomic E-state index is 14.2. The number of nitrogens with one attached hydrogen (secondary N) is 1. The third-order valence-corrected chi connectivity index (χ3v) is 4.61. The zero-order valence-electron chi connectivity index (χ0n) is 15.3. The van der Waals surface area contributed by atoms with Crippen molar-refractivity contribution in [3.63, 3.8) is 0 Å². The van der Waals surface area contributed by atoms with Gasteiger partial charge in [-0.3, -0.25) is 4.79 Å². The number of carboxylic acid groups (broad SMARTS) is 1. The van der Waals surface area contributed by atoms with Crippen LogP contribution in [0.4, 0.5) is 13.2 Å². The topological polar surface area (TPSA) is 93.5 Å². The number of rotatable bonds is 5. The van der Waals surface area contributed by atoms with Crippen LogP contribution in [-0.4, -0.2) is 34.3 Å². The van der Waals surface area contributed by atoms with E-state index in [1.807, 2.05) is 0 Å². The second-order valence-corrected chi connectivity index (χ2v) is 6.28. The molecule has 0 amide bonds. The van der Waals surface area contributed by atoms with Crippen molar-refractivity contribution in [2.75, 3.05) is 7.11 Å². The Kier molecular flexibility index (Phi) is 4.61. The summed E-state index contributed by atoms with van der Waals surface area (Å²) in [5.41, 5.74) is -1.41. The van der Waals surface area contributed by atoms with Crippen molar-refractivity contribution in [2.24, 2.45) is 0 Å². The Morgan fingerprint density at radius 2 is 1.90 bits per heavy atom. The number of alkyl halides is 2. The van der Waals surface area contributed by atoms with Gasteiger partial charge in [0.1, 0.15) is 17.1 Å². The lowest BCUT2D eigenvalue weighted by Crippen LogP contribution is -2.25. The molecule has 0 aliphatic heterocycles. The zero-order valence-corrected chi connectivity index (χ0v) is 15.3. The maximum Gasteiger partial charge on any atom is 0.388 e. The van der Waals surface area contributed by atoms with E-state index in [1.165, 1.54) is 37.6 Å². The Morgan fingerprint density at radius 3 is 2.57 bits per heavy atom. The van der Waals surface area contributed by atoms with Crippen LogP contribution in [0, 0.1) is 5.82 Å². The predicted molar refractivity (Wildman–Crippen MR) is 102 cm³/mol. The molecular weight excluding hydrogens is 405 g/mol. The predicted octanol–water partition coefficient (Wildman–Crippen LogP) is 3.92. The molecule has 2 aromatic carbocycles. The first-order valence-electron chi connectivity index (χ1n) is 8.53. The highest BCUT2D eigenvalue weighted by Gasteiger charge is 2.27. The highest BCUT2D eigenvalue weighted by molar-refractivity contribution is 6.06. The molecule has 0 aliphatic carbocycles. The standard InChI is InChI=1S/C20H13F3N2O5/c1-29-10-2-3-11-13(8-10)16(19(27)28)18(30-20(22)23)25(17(11)26)15-7-9(21)6-14-12(15)4-5-24-14/h2-8,20,24H,1H3,(H,27,28). The molecule has 0 saturated carbocycles. The van der Waals surface area contributed by atoms with E-state index in [1.54, 1.807) is 0 Å². The lowest BCUT2D eigenvalue weighted by atomic mass is 10.1. The summed E-state index contributed by atoms with van der Waals surface area (Å²) in [6.45, 7) is -3.44. The average molecular weight is 418 g/mol. The Hall–Kier alpha value is -3.95. The highest BCUT2D eigenvalue weighted by Crippen LogP contribution is 2.34. The van der Waals surface area contributed by atoms with Crippen molar-refractivity contribution in [3.05, 3.63) is 64.3 Å². The zero-order chi connectivity index (χ0) is 21.6. The Bertz CT molecular complexity index is 1360. The minimum absolute atomic E-state index is 0.0947. The van der Waals surface area contributed by atoms with Crippen LogP contribution >= 0.6 is 0 Å². The second kappa shape index (κ2) is 7.14. The fraction of sp³-hybridized carbons (Fsp3) is 0.100. The number of benzene rings is 2. The van der Waals surface area contributed by atoms with Gasteiger partial charge in [-0.25, -0.2) is 13.8 Å². The number of H-pyrrole nitrogens is 1. The van der Waals surface area contributed by atoms with Crippen molar-refractivity contribution >= 4 is 27.6 Å². The van der Waals surface area contributed by atoms with Gasteiger partial charge >= 0.3 is 12.6 Å². The second-order valence-electron chi connectivity index (χ2n) is 6.28. The summed E-state index contributed by atoms with van der Waals surface area (Å²) >= 11 is 0. The van der Waals surface area contributed by atoms with E-state index in [0.717, 1.165) is 12.1 Å². The molecule has 0 aliphatic rings. The maximum absolute atomic E-state index is 14.2. The summed E-state index contributed by atoms with van der Waals surface area (Å²) < 4.78 is 50.9. The summed E-state index contributed by atoms with van der Waals surface area (Å²) in [5, 5.41) is 9.83. The van der Waals surface area contributed by atoms with E-state index in [4.69, 9.17) is 4.74 Å². The van der Waals surface area contributed by atoms with Gasteiger partial charge in [-0.1, -0.05) is 0 Å². The number of ether oxygens (including phenoxy) is 2. The van der Waals surface area contributed by atoms with Crippen molar-refractivity contribution in [2.45, 2.75) is 6.61 Å². The molecule has 0 fully saturated rings. The normalized spacial score (nSPS) is 11.4. The van der Waals surface area contributed by atoms with E-state index in [9.17, 15) is 27.9 Å². The molecule has 0 atom stereocenters. The largest absolute Gasteiger partial charge is 0.497 e. The molecule has 0 bridgehead atoms. The number of aromatic nitrogens is 2. The molecule has 0 radical (unpaired) electrons. The number of hydrogen-bond donors (Lipinski definition) is 2. The van der Waals surface area contributed by atoms with Crippen molar-refractivity contribution in [1.29, 1.82) is 0 Å². The molecule has 4 aromatic rings. The first-order valence-corrected chi connectivity index (χ1v) is 8.53. The minimum atomic E-state index is -3.44. The van der Waals surface area contributed by atoms with Gasteiger partial charge in [-0.2, -0.15) is 8.78 Å². The number of halogens is 3. The highest BCUT2D eigenvalue weighted by atomic mass is 19.3. The summed E-state index contributed by atoms with van der Waals surface area (Å²) in [7, 11) is 1.33. The van der Waals surface area contributed by atoms with E-state index in [2.05, 4.69) is 9.72 Å². The summed E-state index contributed by atoms with van der Waals surface area (Å²) in [6.07, 6.45) is 1.47. The van der Waals surface area contributed by atoms with Crippen LogP contribution in [0.3, 0.4) is 0 Å². The summed E-state index contributed by atoms with van der Waals surface area (Å²) in [6, 6.07) is 7.56. The number of nitrogens with zero attached hydrogens (tertiary/aromatic N) is 1. The molecule has 154 valence electrons. The van der Waals surface area contributed by atoms with Crippen LogP contribution in [-0.2, 0) is 0 Å². The van der Waals surface area contributed by atoms with Crippen molar-refractivity contribution in [3.8, 4) is 17.3 Å². The number of hydrogen-bond acceptors (Lipinski definition) is 4. The van der Waals surface area contributed by atoms with E-state index >= 15 is 0 Å². The van der Waals surface area contributed by atoms with Crippen LogP contribution in [0.25, 0.3) is 27.4 Å². The minimum Gasteiger partial charge on any atom is -0.497 e. The van der Waals surface area contributed by atoms with Gasteiger partial charge in [-0.05, 0) is 36.4 Å². The number of methoxy groups -OCH3 is 1. The van der Waals surface area contributed by atoms with Crippen molar-refractivity contribution < 1.29 is 32.5 Å². The Labute approximate surface area is 165 Å². The number of fused-ring (bicyclic) bond motifs is 2. The molecule has 30 heavy (non-hydrogen) atoms. The smallest absolute Gasteiger partial charge is 0.388 e. The molecule has 0 saturated heterocycles. The summed E-state index contributed by atoms with van der Waals surface area (Å²) in [4.78, 5) is 28.0. The summed E-state index contributed by atoms with van der Waals surface area (Å²) in [5.74, 6) is -3.08. The quantitative estimate of drug-likeness (QED) is 0.513. The van der Waals surface area contributed by atoms with Gasteiger partial charge in [0.25, 0.3) is 5.56 Å². The van der Waals surface area contributed by atoms with E-state index in [-0.39, 0.29) is 27.7 Å². The molecule has 0 spiro atoms. The molecule has 4 rings (SSSR count).